The van der Waals surface area contributed by atoms with Gasteiger partial charge < -0.3 is 30.0 Å². The molecule has 0 bridgehead atoms. The lowest BCUT2D eigenvalue weighted by molar-refractivity contribution is -0.274. The fourth-order valence-corrected chi connectivity index (χ4v) is 3.13. The number of nitrogens with one attached hydrogen (secondary N) is 1. The fourth-order valence-electron chi connectivity index (χ4n) is 3.13. The van der Waals surface area contributed by atoms with Crippen LogP contribution in [0.4, 0.5) is 40.8 Å². The lowest BCUT2D eigenvalue weighted by Crippen LogP contribution is -2.20. The summed E-state index contributed by atoms with van der Waals surface area (Å²) in [6, 6.07) is 5.44. The summed E-state index contributed by atoms with van der Waals surface area (Å²) in [6.45, 7) is -0.567. The van der Waals surface area contributed by atoms with Gasteiger partial charge in [-0.15, -0.1) is 13.2 Å². The Balaban J connectivity index is 2.03. The van der Waals surface area contributed by atoms with Gasteiger partial charge in [0.2, 0.25) is 0 Å². The van der Waals surface area contributed by atoms with E-state index in [1.807, 2.05) is 0 Å². The first kappa shape index (κ1) is 29.4. The number of benzene rings is 2. The number of hydrogen-bond donors (Lipinski definition) is 2. The number of anilines is 1. The second-order valence-electron chi connectivity index (χ2n) is 7.40. The molecule has 3 N–H and O–H groups in total. The molecule has 0 aliphatic carbocycles. The molecule has 0 aliphatic heterocycles. The summed E-state index contributed by atoms with van der Waals surface area (Å²) in [5.74, 6) is -6.73. The summed E-state index contributed by atoms with van der Waals surface area (Å²) >= 11 is 0. The minimum absolute atomic E-state index is 0.0770. The lowest BCUT2D eigenvalue weighted by atomic mass is 10.1. The van der Waals surface area contributed by atoms with Crippen LogP contribution in [-0.4, -0.2) is 31.1 Å². The van der Waals surface area contributed by atoms with E-state index in [2.05, 4.69) is 15.0 Å². The van der Waals surface area contributed by atoms with Gasteiger partial charge in [-0.05, 0) is 30.3 Å². The van der Waals surface area contributed by atoms with Gasteiger partial charge in [0.15, 0.2) is 28.8 Å². The molecule has 210 valence electrons. The van der Waals surface area contributed by atoms with Crippen LogP contribution in [0, 0.1) is 11.6 Å². The number of hydrogen-bond acceptors (Lipinski definition) is 7. The maximum absolute atomic E-state index is 15.0. The first-order valence-electron chi connectivity index (χ1n) is 10.5. The van der Waals surface area contributed by atoms with Crippen molar-refractivity contribution in [2.45, 2.75) is 19.1 Å². The highest BCUT2D eigenvalue weighted by Gasteiger charge is 2.39. The van der Waals surface area contributed by atoms with E-state index in [-0.39, 0.29) is 24.6 Å². The lowest BCUT2D eigenvalue weighted by Gasteiger charge is -2.17. The van der Waals surface area contributed by atoms with Crippen LogP contribution < -0.4 is 25.3 Å². The fraction of sp³-hybridized carbons (Fsp3) is 0.217. The number of carbonyl (C=O) groups excluding carboxylic acids is 1. The van der Waals surface area contributed by atoms with Crippen molar-refractivity contribution in [2.24, 2.45) is 5.73 Å². The van der Waals surface area contributed by atoms with Crippen LogP contribution in [0.3, 0.4) is 0 Å². The SMILES string of the molecule is COc1cc(OC(F)(F)F)ccc1Oc1cnc(C(F)(F)F)c(F)c1C(=O)Nc1ccc(F)c(COCN)c1. The highest BCUT2D eigenvalue weighted by atomic mass is 19.4. The highest BCUT2D eigenvalue weighted by molar-refractivity contribution is 6.06. The average molecular weight is 567 g/mol. The molecule has 0 spiro atoms. The number of pyridine rings is 1. The van der Waals surface area contributed by atoms with E-state index in [0.717, 1.165) is 43.5 Å². The Hall–Kier alpha value is -4.18. The van der Waals surface area contributed by atoms with Crippen LogP contribution in [0.1, 0.15) is 21.6 Å². The minimum Gasteiger partial charge on any atom is -0.493 e. The van der Waals surface area contributed by atoms with Gasteiger partial charge in [0, 0.05) is 17.3 Å². The van der Waals surface area contributed by atoms with Crippen molar-refractivity contribution in [1.82, 2.24) is 4.98 Å². The summed E-state index contributed by atoms with van der Waals surface area (Å²) in [4.78, 5) is 15.9. The van der Waals surface area contributed by atoms with Crippen molar-refractivity contribution in [1.29, 1.82) is 0 Å². The third-order valence-corrected chi connectivity index (χ3v) is 4.75. The van der Waals surface area contributed by atoms with E-state index in [0.29, 0.717) is 6.20 Å². The summed E-state index contributed by atoms with van der Waals surface area (Å²) in [5.41, 5.74) is 1.65. The number of aromatic nitrogens is 1. The quantitative estimate of drug-likeness (QED) is 0.250. The standard InChI is InChI=1S/C23H17F8N3O5/c1-36-16-7-13(39-23(29,30)31)3-5-15(16)38-17-8-33-20(22(26,27)28)19(25)18(17)21(35)34-12-2-4-14(24)11(6-12)9-37-10-32/h2-8H,9-10,32H2,1H3,(H,34,35). The Morgan fingerprint density at radius 2 is 1.72 bits per heavy atom. The third kappa shape index (κ3) is 7.44. The molecule has 1 amide bonds. The Morgan fingerprint density at radius 3 is 2.33 bits per heavy atom. The number of carbonyl (C=O) groups is 1. The van der Waals surface area contributed by atoms with Crippen LogP contribution in [0.15, 0.2) is 42.6 Å². The van der Waals surface area contributed by atoms with Gasteiger partial charge in [-0.1, -0.05) is 0 Å². The third-order valence-electron chi connectivity index (χ3n) is 4.75. The number of nitrogens with zero attached hydrogens (tertiary/aromatic N) is 1. The van der Waals surface area contributed by atoms with Gasteiger partial charge in [0.05, 0.1) is 26.6 Å². The molecule has 0 atom stereocenters. The number of ether oxygens (including phenoxy) is 4. The van der Waals surface area contributed by atoms with Gasteiger partial charge >= 0.3 is 12.5 Å². The first-order chi connectivity index (χ1) is 18.2. The van der Waals surface area contributed by atoms with Crippen LogP contribution in [0.5, 0.6) is 23.0 Å². The van der Waals surface area contributed by atoms with E-state index in [1.54, 1.807) is 0 Å². The second kappa shape index (κ2) is 11.7. The second-order valence-corrected chi connectivity index (χ2v) is 7.40. The number of methoxy groups -OCH3 is 1. The van der Waals surface area contributed by atoms with E-state index < -0.39 is 64.3 Å². The molecular weight excluding hydrogens is 550 g/mol. The van der Waals surface area contributed by atoms with Crippen LogP contribution in [-0.2, 0) is 17.5 Å². The smallest absolute Gasteiger partial charge is 0.493 e. The van der Waals surface area contributed by atoms with Gasteiger partial charge in [0.1, 0.15) is 17.1 Å². The van der Waals surface area contributed by atoms with Gasteiger partial charge in [-0.3, -0.25) is 4.79 Å². The van der Waals surface area contributed by atoms with Gasteiger partial charge in [0.25, 0.3) is 5.91 Å². The zero-order valence-corrected chi connectivity index (χ0v) is 19.5. The predicted octanol–water partition coefficient (Wildman–Crippen LogP) is 5.76. The van der Waals surface area contributed by atoms with Crippen LogP contribution in [0.2, 0.25) is 0 Å². The molecule has 0 fully saturated rings. The van der Waals surface area contributed by atoms with Crippen molar-refractivity contribution < 1.29 is 58.9 Å². The molecule has 0 radical (unpaired) electrons. The number of rotatable bonds is 9. The van der Waals surface area contributed by atoms with E-state index >= 15 is 4.39 Å². The molecule has 3 rings (SSSR count). The van der Waals surface area contributed by atoms with Crippen LogP contribution >= 0.6 is 0 Å². The topological polar surface area (TPSA) is 105 Å². The maximum Gasteiger partial charge on any atom is 0.573 e. The minimum atomic E-state index is -5.31. The van der Waals surface area contributed by atoms with Crippen LogP contribution in [0.25, 0.3) is 0 Å². The Morgan fingerprint density at radius 1 is 1.00 bits per heavy atom. The molecular formula is C23H17F8N3O5. The molecule has 16 heteroatoms. The molecule has 0 unspecified atom stereocenters. The molecule has 0 saturated carbocycles. The van der Waals surface area contributed by atoms with Gasteiger partial charge in [-0.25, -0.2) is 13.8 Å². The Labute approximate surface area is 214 Å². The Kier molecular flexibility index (Phi) is 8.81. The number of halogens is 8. The molecule has 0 aliphatic rings. The summed E-state index contributed by atoms with van der Waals surface area (Å²) < 4.78 is 125. The predicted molar refractivity (Wildman–Crippen MR) is 117 cm³/mol. The largest absolute Gasteiger partial charge is 0.573 e. The molecule has 8 nitrogen and oxygen atoms in total. The zero-order chi connectivity index (χ0) is 29.0. The highest BCUT2D eigenvalue weighted by Crippen LogP contribution is 2.40. The first-order valence-corrected chi connectivity index (χ1v) is 10.5. The van der Waals surface area contributed by atoms with E-state index in [4.69, 9.17) is 19.9 Å². The number of amides is 1. The number of nitrogens with two attached hydrogens (primary N) is 1. The van der Waals surface area contributed by atoms with Crippen molar-refractivity contribution in [3.05, 3.63) is 71.1 Å². The van der Waals surface area contributed by atoms with Crippen molar-refractivity contribution >= 4 is 11.6 Å². The summed E-state index contributed by atoms with van der Waals surface area (Å²) in [7, 11) is 1.03. The van der Waals surface area contributed by atoms with Crippen molar-refractivity contribution in [3.63, 3.8) is 0 Å². The van der Waals surface area contributed by atoms with E-state index in [9.17, 15) is 35.5 Å². The maximum atomic E-state index is 15.0. The molecule has 39 heavy (non-hydrogen) atoms. The molecule has 1 heterocycles. The average Bonchev–Trinajstić information content (AvgIpc) is 2.83. The van der Waals surface area contributed by atoms with E-state index in [1.165, 1.54) is 0 Å². The van der Waals surface area contributed by atoms with Gasteiger partial charge in [-0.2, -0.15) is 13.2 Å². The van der Waals surface area contributed by atoms with Crippen molar-refractivity contribution in [2.75, 3.05) is 19.2 Å². The summed E-state index contributed by atoms with van der Waals surface area (Å²) in [6.07, 6.45) is -9.96. The molecule has 1 aromatic heterocycles. The normalized spacial score (nSPS) is 11.7. The molecule has 3 aromatic rings. The monoisotopic (exact) mass is 567 g/mol. The zero-order valence-electron chi connectivity index (χ0n) is 19.5. The molecule has 2 aromatic carbocycles. The Bertz CT molecular complexity index is 1350. The summed E-state index contributed by atoms with van der Waals surface area (Å²) in [5, 5.41) is 2.13. The molecule has 0 saturated heterocycles. The number of alkyl halides is 6. The van der Waals surface area contributed by atoms with Crippen molar-refractivity contribution in [3.8, 4) is 23.0 Å².